The maximum absolute atomic E-state index is 5.34. The summed E-state index contributed by atoms with van der Waals surface area (Å²) in [5, 5.41) is 7.12. The highest BCUT2D eigenvalue weighted by atomic mass is 15.2. The summed E-state index contributed by atoms with van der Waals surface area (Å²) >= 11 is 0. The molecule has 0 N–H and O–H groups in total. The second kappa shape index (κ2) is 13.8. The van der Waals surface area contributed by atoms with Crippen LogP contribution in [0, 0.1) is 0 Å². The molecule has 0 saturated heterocycles. The lowest BCUT2D eigenvalue weighted by molar-refractivity contribution is 0.953. The molecule has 60 heavy (non-hydrogen) atoms. The van der Waals surface area contributed by atoms with Crippen LogP contribution >= 0.6 is 0 Å². The molecule has 0 aliphatic heterocycles. The average molecular weight is 766 g/mol. The number of rotatable bonds is 6. The Morgan fingerprint density at radius 1 is 0.283 bits per heavy atom. The van der Waals surface area contributed by atoms with E-state index in [4.69, 9.17) is 15.0 Å². The van der Waals surface area contributed by atoms with E-state index in [1.807, 2.05) is 12.1 Å². The predicted octanol–water partition coefficient (Wildman–Crippen LogP) is 13.9. The molecule has 12 aromatic rings. The van der Waals surface area contributed by atoms with Gasteiger partial charge in [-0.25, -0.2) is 4.98 Å². The van der Waals surface area contributed by atoms with Crippen molar-refractivity contribution in [1.82, 2.24) is 24.1 Å². The summed E-state index contributed by atoms with van der Waals surface area (Å²) in [6.45, 7) is 0. The van der Waals surface area contributed by atoms with Crippen molar-refractivity contribution in [2.45, 2.75) is 0 Å². The van der Waals surface area contributed by atoms with E-state index in [-0.39, 0.29) is 0 Å². The quantitative estimate of drug-likeness (QED) is 0.169. The minimum absolute atomic E-state index is 0.562. The van der Waals surface area contributed by atoms with Crippen LogP contribution in [0.1, 0.15) is 0 Å². The van der Waals surface area contributed by atoms with Crippen molar-refractivity contribution in [1.29, 1.82) is 0 Å². The van der Waals surface area contributed by atoms with Gasteiger partial charge in [0.05, 0.1) is 22.1 Å². The van der Waals surface area contributed by atoms with Crippen molar-refractivity contribution in [3.63, 3.8) is 0 Å². The molecule has 280 valence electrons. The molecule has 3 heterocycles. The van der Waals surface area contributed by atoms with E-state index in [0.717, 1.165) is 60.9 Å². The predicted molar refractivity (Wildman–Crippen MR) is 248 cm³/mol. The van der Waals surface area contributed by atoms with Gasteiger partial charge in [0.2, 0.25) is 5.95 Å². The summed E-state index contributed by atoms with van der Waals surface area (Å²) in [7, 11) is 0. The lowest BCUT2D eigenvalue weighted by atomic mass is 10.0. The normalized spacial score (nSPS) is 11.7. The van der Waals surface area contributed by atoms with Gasteiger partial charge in [0.15, 0.2) is 11.6 Å². The van der Waals surface area contributed by atoms with Crippen molar-refractivity contribution in [3.05, 3.63) is 212 Å². The van der Waals surface area contributed by atoms with E-state index in [1.54, 1.807) is 0 Å². The minimum Gasteiger partial charge on any atom is -0.309 e. The zero-order valence-electron chi connectivity index (χ0n) is 32.4. The van der Waals surface area contributed by atoms with Gasteiger partial charge in [0, 0.05) is 38.4 Å². The number of benzene rings is 9. The summed E-state index contributed by atoms with van der Waals surface area (Å²) < 4.78 is 4.61. The van der Waals surface area contributed by atoms with Crippen LogP contribution in [0.4, 0.5) is 0 Å². The Bertz CT molecular complexity index is 3530. The second-order valence-corrected chi connectivity index (χ2v) is 15.3. The van der Waals surface area contributed by atoms with Gasteiger partial charge in [-0.3, -0.25) is 4.57 Å². The standard InChI is InChI=1S/C55H35N5/c1-3-14-36(15-4-1)38-26-28-40(29-27-38)53-56-54(42-20-13-19-41(34-42)37-16-5-2-6-17-37)58-55(57-53)60-50-33-31-43(35-47(50)52-44-21-8-7-18-39(44)30-32-51(52)60)59-48-24-11-9-22-45(48)46-23-10-12-25-49(46)59/h1-35H. The number of aromatic nitrogens is 5. The summed E-state index contributed by atoms with van der Waals surface area (Å²) in [6.07, 6.45) is 0. The SMILES string of the molecule is c1ccc(-c2ccc(-c3nc(-c4cccc(-c5ccccc5)c4)nc(-n4c5ccc(-n6c7ccccc7c7ccccc76)cc5c5c6ccccc6ccc54)n3)cc2)cc1. The molecule has 0 saturated carbocycles. The van der Waals surface area contributed by atoms with Crippen LogP contribution in [-0.2, 0) is 0 Å². The Balaban J connectivity index is 1.12. The minimum atomic E-state index is 0.562. The van der Waals surface area contributed by atoms with Crippen molar-refractivity contribution in [3.8, 4) is 56.7 Å². The maximum atomic E-state index is 5.34. The molecule has 0 aliphatic carbocycles. The molecule has 0 radical (unpaired) electrons. The first-order chi connectivity index (χ1) is 29.7. The van der Waals surface area contributed by atoms with Crippen LogP contribution in [0.25, 0.3) is 111 Å². The first kappa shape index (κ1) is 33.9. The zero-order valence-corrected chi connectivity index (χ0v) is 32.4. The van der Waals surface area contributed by atoms with Gasteiger partial charge in [0.25, 0.3) is 0 Å². The molecule has 5 nitrogen and oxygen atoms in total. The van der Waals surface area contributed by atoms with E-state index in [2.05, 4.69) is 209 Å². The van der Waals surface area contributed by atoms with Gasteiger partial charge in [0.1, 0.15) is 0 Å². The second-order valence-electron chi connectivity index (χ2n) is 15.3. The van der Waals surface area contributed by atoms with Crippen LogP contribution in [-0.4, -0.2) is 24.1 Å². The van der Waals surface area contributed by atoms with Gasteiger partial charge in [-0.05, 0) is 75.5 Å². The average Bonchev–Trinajstić information content (AvgIpc) is 3.85. The molecule has 0 spiro atoms. The summed E-state index contributed by atoms with van der Waals surface area (Å²) in [5.74, 6) is 1.78. The highest BCUT2D eigenvalue weighted by Gasteiger charge is 2.21. The highest BCUT2D eigenvalue weighted by molar-refractivity contribution is 6.21. The first-order valence-electron chi connectivity index (χ1n) is 20.3. The molecule has 5 heteroatoms. The molecule has 0 bridgehead atoms. The van der Waals surface area contributed by atoms with Crippen molar-refractivity contribution < 1.29 is 0 Å². The Kier molecular flexibility index (Phi) is 7.78. The first-order valence-corrected chi connectivity index (χ1v) is 20.3. The van der Waals surface area contributed by atoms with E-state index in [9.17, 15) is 0 Å². The van der Waals surface area contributed by atoms with Gasteiger partial charge >= 0.3 is 0 Å². The number of para-hydroxylation sites is 2. The lowest BCUT2D eigenvalue weighted by Gasteiger charge is -2.12. The van der Waals surface area contributed by atoms with Crippen LogP contribution in [0.15, 0.2) is 212 Å². The van der Waals surface area contributed by atoms with Crippen molar-refractivity contribution in [2.24, 2.45) is 0 Å². The fourth-order valence-corrected chi connectivity index (χ4v) is 8.97. The fourth-order valence-electron chi connectivity index (χ4n) is 8.97. The molecular formula is C55H35N5. The molecule has 9 aromatic carbocycles. The summed E-state index contributed by atoms with van der Waals surface area (Å²) in [6, 6.07) is 75.1. The maximum Gasteiger partial charge on any atom is 0.238 e. The third-order valence-corrected chi connectivity index (χ3v) is 11.8. The van der Waals surface area contributed by atoms with E-state index in [1.165, 1.54) is 32.6 Å². The van der Waals surface area contributed by atoms with E-state index in [0.29, 0.717) is 17.6 Å². The van der Waals surface area contributed by atoms with Crippen molar-refractivity contribution >= 4 is 54.4 Å². The van der Waals surface area contributed by atoms with Crippen LogP contribution < -0.4 is 0 Å². The largest absolute Gasteiger partial charge is 0.309 e. The van der Waals surface area contributed by atoms with Gasteiger partial charge in [-0.1, -0.05) is 170 Å². The smallest absolute Gasteiger partial charge is 0.238 e. The Labute approximate surface area is 346 Å². The van der Waals surface area contributed by atoms with Crippen LogP contribution in [0.3, 0.4) is 0 Å². The van der Waals surface area contributed by atoms with E-state index < -0.39 is 0 Å². The summed E-state index contributed by atoms with van der Waals surface area (Å²) in [5.41, 5.74) is 11.9. The monoisotopic (exact) mass is 765 g/mol. The summed E-state index contributed by atoms with van der Waals surface area (Å²) in [4.78, 5) is 15.9. The third kappa shape index (κ3) is 5.52. The Morgan fingerprint density at radius 3 is 1.52 bits per heavy atom. The third-order valence-electron chi connectivity index (χ3n) is 11.8. The molecule has 3 aromatic heterocycles. The van der Waals surface area contributed by atoms with Gasteiger partial charge in [-0.2, -0.15) is 9.97 Å². The lowest BCUT2D eigenvalue weighted by Crippen LogP contribution is -2.06. The van der Waals surface area contributed by atoms with Gasteiger partial charge in [-0.15, -0.1) is 0 Å². The number of nitrogens with zero attached hydrogens (tertiary/aromatic N) is 5. The van der Waals surface area contributed by atoms with Crippen LogP contribution in [0.2, 0.25) is 0 Å². The van der Waals surface area contributed by atoms with Crippen molar-refractivity contribution in [2.75, 3.05) is 0 Å². The number of hydrogen-bond acceptors (Lipinski definition) is 3. The molecule has 0 aliphatic rings. The Morgan fingerprint density at radius 2 is 0.800 bits per heavy atom. The fraction of sp³-hybridized carbons (Fsp3) is 0. The number of hydrogen-bond donors (Lipinski definition) is 0. The van der Waals surface area contributed by atoms with Crippen LogP contribution in [0.5, 0.6) is 0 Å². The Hall–Kier alpha value is -8.15. The molecule has 0 unspecified atom stereocenters. The number of fused-ring (bicyclic) bond motifs is 8. The molecular weight excluding hydrogens is 731 g/mol. The molecule has 0 atom stereocenters. The van der Waals surface area contributed by atoms with Gasteiger partial charge < -0.3 is 4.57 Å². The molecule has 12 rings (SSSR count). The zero-order chi connectivity index (χ0) is 39.6. The van der Waals surface area contributed by atoms with E-state index >= 15 is 0 Å². The topological polar surface area (TPSA) is 48.5 Å². The molecule has 0 amide bonds. The molecule has 0 fully saturated rings. The highest BCUT2D eigenvalue weighted by Crippen LogP contribution is 2.40.